The van der Waals surface area contributed by atoms with E-state index in [9.17, 15) is 20.0 Å². The highest BCUT2D eigenvalue weighted by atomic mass is 16.6. The number of aromatic hydroxyl groups is 1. The van der Waals surface area contributed by atoms with E-state index in [4.69, 9.17) is 0 Å². The average Bonchev–Trinajstić information content (AvgIpc) is 2.42. The molecule has 0 unspecified atom stereocenters. The van der Waals surface area contributed by atoms with Crippen LogP contribution in [0.2, 0.25) is 0 Å². The van der Waals surface area contributed by atoms with E-state index in [1.165, 1.54) is 6.42 Å². The number of pyridine rings is 1. The van der Waals surface area contributed by atoms with Crippen molar-refractivity contribution in [2.24, 2.45) is 0 Å². The number of aromatic nitrogens is 1. The zero-order chi connectivity index (χ0) is 14.5. The Hall–Kier alpha value is -2.38. The van der Waals surface area contributed by atoms with Crippen molar-refractivity contribution in [3.8, 4) is 5.75 Å². The first-order chi connectivity index (χ1) is 9.56. The zero-order valence-electron chi connectivity index (χ0n) is 10.8. The Bertz CT molecular complexity index is 514. The van der Waals surface area contributed by atoms with E-state index in [0.29, 0.717) is 0 Å². The van der Waals surface area contributed by atoms with Crippen molar-refractivity contribution in [1.29, 1.82) is 0 Å². The molecule has 0 saturated heterocycles. The van der Waals surface area contributed by atoms with E-state index in [1.54, 1.807) is 0 Å². The van der Waals surface area contributed by atoms with Crippen molar-refractivity contribution in [3.05, 3.63) is 22.4 Å². The molecule has 0 aliphatic heterocycles. The first kappa shape index (κ1) is 14.0. The van der Waals surface area contributed by atoms with Gasteiger partial charge < -0.3 is 10.4 Å². The summed E-state index contributed by atoms with van der Waals surface area (Å²) in [6.07, 6.45) is 6.22. The van der Waals surface area contributed by atoms with Gasteiger partial charge in [-0.25, -0.2) is 9.78 Å². The van der Waals surface area contributed by atoms with Gasteiger partial charge >= 0.3 is 6.03 Å². The molecule has 8 nitrogen and oxygen atoms in total. The predicted molar refractivity (Wildman–Crippen MR) is 71.6 cm³/mol. The number of carbonyl (C=O) groups excluding carboxylic acids is 1. The molecular formula is C12H16N4O4. The van der Waals surface area contributed by atoms with Crippen molar-refractivity contribution in [1.82, 2.24) is 10.3 Å². The van der Waals surface area contributed by atoms with Crippen LogP contribution < -0.4 is 10.6 Å². The molecule has 8 heteroatoms. The molecule has 0 atom stereocenters. The van der Waals surface area contributed by atoms with Crippen molar-refractivity contribution in [3.63, 3.8) is 0 Å². The van der Waals surface area contributed by atoms with Gasteiger partial charge in [-0.2, -0.15) is 0 Å². The molecule has 0 spiro atoms. The minimum absolute atomic E-state index is 0.0936. The zero-order valence-corrected chi connectivity index (χ0v) is 10.8. The van der Waals surface area contributed by atoms with E-state index in [0.717, 1.165) is 37.9 Å². The average molecular weight is 280 g/mol. The Kier molecular flexibility index (Phi) is 4.34. The number of anilines is 1. The second kappa shape index (κ2) is 6.18. The van der Waals surface area contributed by atoms with Gasteiger partial charge in [0.05, 0.1) is 11.0 Å². The molecule has 108 valence electrons. The summed E-state index contributed by atoms with van der Waals surface area (Å²) in [6, 6.07) is 0.612. The van der Waals surface area contributed by atoms with Crippen molar-refractivity contribution in [2.45, 2.75) is 38.1 Å². The van der Waals surface area contributed by atoms with Crippen LogP contribution in [0.3, 0.4) is 0 Å². The van der Waals surface area contributed by atoms with Crippen LogP contribution in [0.15, 0.2) is 12.3 Å². The number of amides is 2. The predicted octanol–water partition coefficient (Wildman–Crippen LogP) is 2.15. The van der Waals surface area contributed by atoms with E-state index in [1.807, 2.05) is 0 Å². The fourth-order valence-corrected chi connectivity index (χ4v) is 2.21. The molecule has 3 N–H and O–H groups in total. The molecule has 1 aromatic rings. The van der Waals surface area contributed by atoms with Crippen molar-refractivity contribution < 1.29 is 14.8 Å². The summed E-state index contributed by atoms with van der Waals surface area (Å²) in [5.41, 5.74) is -0.333. The molecule has 0 bridgehead atoms. The maximum Gasteiger partial charge on any atom is 0.320 e. The topological polar surface area (TPSA) is 117 Å². The van der Waals surface area contributed by atoms with Gasteiger partial charge in [0, 0.05) is 6.04 Å². The highest BCUT2D eigenvalue weighted by Gasteiger charge is 2.17. The molecular weight excluding hydrogens is 264 g/mol. The second-order valence-electron chi connectivity index (χ2n) is 4.75. The van der Waals surface area contributed by atoms with Gasteiger partial charge in [-0.1, -0.05) is 19.3 Å². The third-order valence-corrected chi connectivity index (χ3v) is 3.24. The first-order valence-corrected chi connectivity index (χ1v) is 6.47. The van der Waals surface area contributed by atoms with Crippen LogP contribution in [0.4, 0.5) is 16.3 Å². The minimum atomic E-state index is -0.668. The van der Waals surface area contributed by atoms with Gasteiger partial charge in [0.25, 0.3) is 5.69 Å². The fourth-order valence-electron chi connectivity index (χ4n) is 2.21. The summed E-state index contributed by atoms with van der Waals surface area (Å²) in [7, 11) is 0. The Morgan fingerprint density at radius 3 is 2.70 bits per heavy atom. The van der Waals surface area contributed by atoms with E-state index < -0.39 is 16.7 Å². The molecule has 1 saturated carbocycles. The number of hydrogen-bond donors (Lipinski definition) is 3. The maximum absolute atomic E-state index is 11.7. The Morgan fingerprint density at radius 1 is 1.40 bits per heavy atom. The van der Waals surface area contributed by atoms with Crippen LogP contribution in [0.5, 0.6) is 5.75 Å². The number of nitrogens with one attached hydrogen (secondary N) is 2. The van der Waals surface area contributed by atoms with Gasteiger partial charge in [-0.05, 0) is 12.8 Å². The Balaban J connectivity index is 1.95. The van der Waals surface area contributed by atoms with Gasteiger partial charge in [0.1, 0.15) is 6.20 Å². The van der Waals surface area contributed by atoms with Crippen molar-refractivity contribution >= 4 is 17.5 Å². The molecule has 1 fully saturated rings. The summed E-state index contributed by atoms with van der Waals surface area (Å²) >= 11 is 0. The Labute approximate surface area is 115 Å². The van der Waals surface area contributed by atoms with E-state index >= 15 is 0 Å². The number of hydrogen-bond acceptors (Lipinski definition) is 5. The molecule has 2 rings (SSSR count). The minimum Gasteiger partial charge on any atom is -0.504 e. The van der Waals surface area contributed by atoms with E-state index in [2.05, 4.69) is 15.6 Å². The molecule has 0 radical (unpaired) electrons. The highest BCUT2D eigenvalue weighted by Crippen LogP contribution is 2.25. The summed E-state index contributed by atoms with van der Waals surface area (Å²) in [4.78, 5) is 25.2. The lowest BCUT2D eigenvalue weighted by Crippen LogP contribution is -2.39. The molecule has 1 aromatic heterocycles. The summed E-state index contributed by atoms with van der Waals surface area (Å²) in [5, 5.41) is 25.3. The summed E-state index contributed by atoms with van der Waals surface area (Å²) in [6.45, 7) is 0. The normalized spacial score (nSPS) is 15.6. The van der Waals surface area contributed by atoms with Gasteiger partial charge in [-0.3, -0.25) is 15.4 Å². The lowest BCUT2D eigenvalue weighted by Gasteiger charge is -2.22. The first-order valence-electron chi connectivity index (χ1n) is 6.47. The number of nitro groups is 1. The number of nitrogens with zero attached hydrogens (tertiary/aromatic N) is 2. The van der Waals surface area contributed by atoms with Gasteiger partial charge in [-0.15, -0.1) is 0 Å². The number of urea groups is 1. The van der Waals surface area contributed by atoms with Crippen LogP contribution in [-0.2, 0) is 0 Å². The maximum atomic E-state index is 11.7. The second-order valence-corrected chi connectivity index (χ2v) is 4.75. The lowest BCUT2D eigenvalue weighted by molar-refractivity contribution is -0.385. The highest BCUT2D eigenvalue weighted by molar-refractivity contribution is 5.89. The molecule has 0 aromatic carbocycles. The standard InChI is InChI=1S/C12H16N4O4/c17-10-6-9(16(19)20)7-13-11(10)15-12(18)14-8-4-2-1-3-5-8/h6-8,17H,1-5H2,(H2,13,14,15,18). The van der Waals surface area contributed by atoms with Crippen LogP contribution >= 0.6 is 0 Å². The summed E-state index contributed by atoms with van der Waals surface area (Å²) in [5.74, 6) is -0.526. The summed E-state index contributed by atoms with van der Waals surface area (Å²) < 4.78 is 0. The van der Waals surface area contributed by atoms with Gasteiger partial charge in [0.2, 0.25) is 0 Å². The monoisotopic (exact) mass is 280 g/mol. The van der Waals surface area contributed by atoms with E-state index in [-0.39, 0.29) is 17.5 Å². The van der Waals surface area contributed by atoms with Crippen LogP contribution in [-0.4, -0.2) is 27.1 Å². The van der Waals surface area contributed by atoms with Crippen LogP contribution in [0.25, 0.3) is 0 Å². The third kappa shape index (κ3) is 3.56. The van der Waals surface area contributed by atoms with Crippen LogP contribution in [0.1, 0.15) is 32.1 Å². The Morgan fingerprint density at radius 2 is 2.10 bits per heavy atom. The molecule has 1 aliphatic carbocycles. The molecule has 20 heavy (non-hydrogen) atoms. The van der Waals surface area contributed by atoms with Crippen molar-refractivity contribution in [2.75, 3.05) is 5.32 Å². The quantitative estimate of drug-likeness (QED) is 0.579. The lowest BCUT2D eigenvalue weighted by atomic mass is 9.96. The number of rotatable bonds is 3. The largest absolute Gasteiger partial charge is 0.504 e. The number of carbonyl (C=O) groups is 1. The SMILES string of the molecule is O=C(Nc1ncc([N+](=O)[O-])cc1O)NC1CCCCC1. The molecule has 1 aliphatic rings. The molecule has 1 heterocycles. The smallest absolute Gasteiger partial charge is 0.320 e. The molecule has 2 amide bonds. The van der Waals surface area contributed by atoms with Gasteiger partial charge in [0.15, 0.2) is 11.6 Å². The third-order valence-electron chi connectivity index (χ3n) is 3.24. The van der Waals surface area contributed by atoms with Crippen LogP contribution in [0, 0.1) is 10.1 Å². The fraction of sp³-hybridized carbons (Fsp3) is 0.500.